The molecule has 0 spiro atoms. The van der Waals surface area contributed by atoms with Gasteiger partial charge in [-0.15, -0.1) is 0 Å². The van der Waals surface area contributed by atoms with E-state index in [1.54, 1.807) is 18.0 Å². The molecule has 0 bridgehead atoms. The molecule has 0 radical (unpaired) electrons. The summed E-state index contributed by atoms with van der Waals surface area (Å²) in [4.78, 5) is 18.2. The first kappa shape index (κ1) is 15.3. The SMILES string of the molecule is CN(Cc1ccccc1)C(=O)/C=C/c1c(Cl)nc2ccccn12. The third-order valence-electron chi connectivity index (χ3n) is 3.54. The van der Waals surface area contributed by atoms with Crippen LogP contribution < -0.4 is 0 Å². The van der Waals surface area contributed by atoms with E-state index in [1.165, 1.54) is 6.08 Å². The second-order valence-electron chi connectivity index (χ2n) is 5.23. The summed E-state index contributed by atoms with van der Waals surface area (Å²) in [5, 5.41) is 0.381. The molecule has 0 atom stereocenters. The molecule has 1 aromatic carbocycles. The van der Waals surface area contributed by atoms with Gasteiger partial charge in [-0.1, -0.05) is 48.0 Å². The molecule has 0 aliphatic carbocycles. The number of aromatic nitrogens is 2. The highest BCUT2D eigenvalue weighted by molar-refractivity contribution is 6.31. The number of benzene rings is 1. The smallest absolute Gasteiger partial charge is 0.246 e. The van der Waals surface area contributed by atoms with E-state index in [2.05, 4.69) is 4.98 Å². The standard InChI is InChI=1S/C18H16ClN3O/c1-21(13-14-7-3-2-4-8-14)17(23)11-10-15-18(19)20-16-9-5-6-12-22(15)16/h2-12H,13H2,1H3/b11-10+. The molecule has 0 saturated carbocycles. The zero-order chi connectivity index (χ0) is 16.2. The number of fused-ring (bicyclic) bond motifs is 1. The molecular weight excluding hydrogens is 310 g/mol. The number of hydrogen-bond acceptors (Lipinski definition) is 2. The number of amides is 1. The number of rotatable bonds is 4. The Labute approximate surface area is 139 Å². The number of nitrogens with zero attached hydrogens (tertiary/aromatic N) is 3. The average Bonchev–Trinajstić information content (AvgIpc) is 2.88. The minimum atomic E-state index is -0.0872. The highest BCUT2D eigenvalue weighted by atomic mass is 35.5. The van der Waals surface area contributed by atoms with Crippen molar-refractivity contribution in [2.24, 2.45) is 0 Å². The zero-order valence-corrected chi connectivity index (χ0v) is 13.4. The minimum absolute atomic E-state index is 0.0872. The third-order valence-corrected chi connectivity index (χ3v) is 3.82. The molecule has 0 aliphatic rings. The van der Waals surface area contributed by atoms with E-state index in [1.807, 2.05) is 59.1 Å². The van der Waals surface area contributed by atoms with Gasteiger partial charge in [-0.05, 0) is 23.8 Å². The van der Waals surface area contributed by atoms with Crippen LogP contribution in [0.3, 0.4) is 0 Å². The lowest BCUT2D eigenvalue weighted by Gasteiger charge is -2.14. The van der Waals surface area contributed by atoms with Crippen LogP contribution in [0, 0.1) is 0 Å². The molecule has 0 saturated heterocycles. The Morgan fingerprint density at radius 2 is 1.96 bits per heavy atom. The van der Waals surface area contributed by atoms with E-state index in [9.17, 15) is 4.79 Å². The van der Waals surface area contributed by atoms with Crippen LogP contribution in [0.25, 0.3) is 11.7 Å². The van der Waals surface area contributed by atoms with Crippen molar-refractivity contribution >= 4 is 29.2 Å². The number of pyridine rings is 1. The second-order valence-corrected chi connectivity index (χ2v) is 5.59. The van der Waals surface area contributed by atoms with Gasteiger partial charge < -0.3 is 4.90 Å². The number of hydrogen-bond donors (Lipinski definition) is 0. The van der Waals surface area contributed by atoms with E-state index >= 15 is 0 Å². The number of likely N-dealkylation sites (N-methyl/N-ethyl adjacent to an activating group) is 1. The average molecular weight is 326 g/mol. The van der Waals surface area contributed by atoms with Crippen LogP contribution in [-0.2, 0) is 11.3 Å². The number of halogens is 1. The fourth-order valence-corrected chi connectivity index (χ4v) is 2.59. The topological polar surface area (TPSA) is 37.6 Å². The summed E-state index contributed by atoms with van der Waals surface area (Å²) in [6, 6.07) is 15.5. The van der Waals surface area contributed by atoms with Crippen molar-refractivity contribution in [2.75, 3.05) is 7.05 Å². The van der Waals surface area contributed by atoms with Crippen LogP contribution in [0.4, 0.5) is 0 Å². The van der Waals surface area contributed by atoms with Crippen molar-refractivity contribution in [1.82, 2.24) is 14.3 Å². The van der Waals surface area contributed by atoms with Gasteiger partial charge in [-0.25, -0.2) is 4.98 Å². The third kappa shape index (κ3) is 3.43. The summed E-state index contributed by atoms with van der Waals surface area (Å²) in [5.41, 5.74) is 2.54. The van der Waals surface area contributed by atoms with E-state index in [4.69, 9.17) is 11.6 Å². The van der Waals surface area contributed by atoms with Crippen LogP contribution in [0.15, 0.2) is 60.8 Å². The maximum atomic E-state index is 12.3. The second kappa shape index (κ2) is 6.67. The fraction of sp³-hybridized carbons (Fsp3) is 0.111. The molecule has 5 heteroatoms. The van der Waals surface area contributed by atoms with Crippen LogP contribution in [0.5, 0.6) is 0 Å². The van der Waals surface area contributed by atoms with Gasteiger partial charge in [0.2, 0.25) is 5.91 Å². The molecule has 0 unspecified atom stereocenters. The molecule has 0 aliphatic heterocycles. The van der Waals surface area contributed by atoms with E-state index < -0.39 is 0 Å². The number of carbonyl (C=O) groups is 1. The highest BCUT2D eigenvalue weighted by Gasteiger charge is 2.09. The first-order valence-corrected chi connectivity index (χ1v) is 7.62. The maximum absolute atomic E-state index is 12.3. The Balaban J connectivity index is 1.76. The molecular formula is C18H16ClN3O. The van der Waals surface area contributed by atoms with E-state index in [0.29, 0.717) is 17.4 Å². The van der Waals surface area contributed by atoms with Crippen molar-refractivity contribution in [3.63, 3.8) is 0 Å². The Morgan fingerprint density at radius 1 is 1.22 bits per heavy atom. The number of imidazole rings is 1. The van der Waals surface area contributed by atoms with Gasteiger partial charge in [0.25, 0.3) is 0 Å². The highest BCUT2D eigenvalue weighted by Crippen LogP contribution is 2.19. The lowest BCUT2D eigenvalue weighted by molar-refractivity contribution is -0.125. The Bertz CT molecular complexity index is 855. The van der Waals surface area contributed by atoms with Crippen molar-refractivity contribution in [3.8, 4) is 0 Å². The van der Waals surface area contributed by atoms with Gasteiger partial charge in [-0.2, -0.15) is 0 Å². The van der Waals surface area contributed by atoms with E-state index in [-0.39, 0.29) is 5.91 Å². The first-order valence-electron chi connectivity index (χ1n) is 7.25. The minimum Gasteiger partial charge on any atom is -0.338 e. The Hall–Kier alpha value is -2.59. The largest absolute Gasteiger partial charge is 0.338 e. The lowest BCUT2D eigenvalue weighted by Crippen LogP contribution is -2.24. The van der Waals surface area contributed by atoms with Gasteiger partial charge in [0.1, 0.15) is 5.65 Å². The summed E-state index contributed by atoms with van der Waals surface area (Å²) >= 11 is 6.15. The number of carbonyl (C=O) groups excluding carboxylic acids is 1. The van der Waals surface area contributed by atoms with Crippen LogP contribution in [0.1, 0.15) is 11.3 Å². The Kier molecular flexibility index (Phi) is 4.44. The fourth-order valence-electron chi connectivity index (χ4n) is 2.35. The summed E-state index contributed by atoms with van der Waals surface area (Å²) in [7, 11) is 1.77. The monoisotopic (exact) mass is 325 g/mol. The molecule has 3 aromatic rings. The molecule has 23 heavy (non-hydrogen) atoms. The molecule has 4 nitrogen and oxygen atoms in total. The molecule has 3 rings (SSSR count). The quantitative estimate of drug-likeness (QED) is 0.686. The normalized spacial score (nSPS) is 11.2. The van der Waals surface area contributed by atoms with Crippen LogP contribution in [0.2, 0.25) is 5.15 Å². The molecule has 0 fully saturated rings. The van der Waals surface area contributed by atoms with Crippen LogP contribution >= 0.6 is 11.6 Å². The molecule has 2 heterocycles. The molecule has 2 aromatic heterocycles. The van der Waals surface area contributed by atoms with E-state index in [0.717, 1.165) is 11.2 Å². The van der Waals surface area contributed by atoms with Gasteiger partial charge in [-0.3, -0.25) is 9.20 Å². The summed E-state index contributed by atoms with van der Waals surface area (Å²) < 4.78 is 1.85. The predicted octanol–water partition coefficient (Wildman–Crippen LogP) is 3.66. The summed E-state index contributed by atoms with van der Waals surface area (Å²) in [5.74, 6) is -0.0872. The molecule has 0 N–H and O–H groups in total. The van der Waals surface area contributed by atoms with Crippen molar-refractivity contribution in [3.05, 3.63) is 77.2 Å². The van der Waals surface area contributed by atoms with Crippen molar-refractivity contribution < 1.29 is 4.79 Å². The van der Waals surface area contributed by atoms with Gasteiger partial charge >= 0.3 is 0 Å². The van der Waals surface area contributed by atoms with Crippen molar-refractivity contribution in [2.45, 2.75) is 6.54 Å². The van der Waals surface area contributed by atoms with Gasteiger partial charge in [0, 0.05) is 25.9 Å². The first-order chi connectivity index (χ1) is 11.1. The maximum Gasteiger partial charge on any atom is 0.246 e. The summed E-state index contributed by atoms with van der Waals surface area (Å²) in [6.07, 6.45) is 5.09. The van der Waals surface area contributed by atoms with Crippen molar-refractivity contribution in [1.29, 1.82) is 0 Å². The summed E-state index contributed by atoms with van der Waals surface area (Å²) in [6.45, 7) is 0.560. The molecule has 1 amide bonds. The van der Waals surface area contributed by atoms with Gasteiger partial charge in [0.15, 0.2) is 5.15 Å². The predicted molar refractivity (Wildman–Crippen MR) is 92.2 cm³/mol. The Morgan fingerprint density at radius 3 is 2.74 bits per heavy atom. The van der Waals surface area contributed by atoms with Crippen LogP contribution in [-0.4, -0.2) is 27.2 Å². The molecule has 116 valence electrons. The van der Waals surface area contributed by atoms with Gasteiger partial charge in [0.05, 0.1) is 5.69 Å². The lowest BCUT2D eigenvalue weighted by atomic mass is 10.2. The zero-order valence-electron chi connectivity index (χ0n) is 12.7.